The zero-order chi connectivity index (χ0) is 16.5. The van der Waals surface area contributed by atoms with Gasteiger partial charge >= 0.3 is 0 Å². The number of halogens is 1. The summed E-state index contributed by atoms with van der Waals surface area (Å²) in [6.45, 7) is 1.90. The number of anilines is 1. The molecule has 1 aliphatic rings. The molecule has 0 saturated heterocycles. The predicted octanol–water partition coefficient (Wildman–Crippen LogP) is 2.50. The van der Waals surface area contributed by atoms with Gasteiger partial charge in [-0.15, -0.1) is 24.0 Å². The highest BCUT2D eigenvalue weighted by Gasteiger charge is 2.23. The third-order valence-electron chi connectivity index (χ3n) is 3.89. The van der Waals surface area contributed by atoms with Crippen LogP contribution < -0.4 is 15.5 Å². The molecule has 1 aromatic carbocycles. The number of carbonyl (C=O) groups is 1. The highest BCUT2D eigenvalue weighted by molar-refractivity contribution is 14.0. The van der Waals surface area contributed by atoms with Gasteiger partial charge in [-0.05, 0) is 42.9 Å². The van der Waals surface area contributed by atoms with E-state index in [9.17, 15) is 4.79 Å². The molecule has 0 spiro atoms. The Morgan fingerprint density at radius 3 is 2.83 bits per heavy atom. The molecule has 7 heteroatoms. The number of thioether (sulfide) groups is 1. The van der Waals surface area contributed by atoms with Gasteiger partial charge in [0.25, 0.3) is 0 Å². The van der Waals surface area contributed by atoms with E-state index in [2.05, 4.69) is 27.9 Å². The number of para-hydroxylation sites is 1. The first-order valence-electron chi connectivity index (χ1n) is 8.08. The van der Waals surface area contributed by atoms with Gasteiger partial charge in [0, 0.05) is 25.8 Å². The van der Waals surface area contributed by atoms with Crippen molar-refractivity contribution in [2.45, 2.75) is 19.3 Å². The van der Waals surface area contributed by atoms with Gasteiger partial charge in [-0.3, -0.25) is 9.79 Å². The van der Waals surface area contributed by atoms with E-state index in [-0.39, 0.29) is 36.4 Å². The second-order valence-electron chi connectivity index (χ2n) is 5.48. The number of rotatable bonds is 7. The van der Waals surface area contributed by atoms with Gasteiger partial charge in [-0.25, -0.2) is 0 Å². The van der Waals surface area contributed by atoms with Crippen LogP contribution in [0.2, 0.25) is 0 Å². The maximum atomic E-state index is 12.4. The minimum absolute atomic E-state index is 0. The first-order valence-corrected chi connectivity index (χ1v) is 9.47. The van der Waals surface area contributed by atoms with Gasteiger partial charge in [0.1, 0.15) is 0 Å². The van der Waals surface area contributed by atoms with Gasteiger partial charge in [0.15, 0.2) is 5.96 Å². The molecule has 0 fully saturated rings. The molecular weight excluding hydrogens is 435 g/mol. The highest BCUT2D eigenvalue weighted by atomic mass is 127. The van der Waals surface area contributed by atoms with Crippen molar-refractivity contribution < 1.29 is 4.79 Å². The molecule has 1 heterocycles. The second kappa shape index (κ2) is 11.6. The van der Waals surface area contributed by atoms with Gasteiger partial charge in [0.05, 0.1) is 6.54 Å². The summed E-state index contributed by atoms with van der Waals surface area (Å²) in [6, 6.07) is 8.10. The lowest BCUT2D eigenvalue weighted by Gasteiger charge is -2.18. The van der Waals surface area contributed by atoms with Crippen LogP contribution in [0.15, 0.2) is 29.3 Å². The number of nitrogens with zero attached hydrogens (tertiary/aromatic N) is 2. The Morgan fingerprint density at radius 1 is 1.29 bits per heavy atom. The van der Waals surface area contributed by atoms with Gasteiger partial charge < -0.3 is 15.5 Å². The zero-order valence-electron chi connectivity index (χ0n) is 14.4. The van der Waals surface area contributed by atoms with Crippen molar-refractivity contribution in [3.8, 4) is 0 Å². The second-order valence-corrected chi connectivity index (χ2v) is 6.46. The van der Waals surface area contributed by atoms with E-state index in [1.165, 1.54) is 17.7 Å². The van der Waals surface area contributed by atoms with Gasteiger partial charge in [-0.2, -0.15) is 11.8 Å². The normalized spacial score (nSPS) is 13.2. The van der Waals surface area contributed by atoms with Crippen molar-refractivity contribution in [3.63, 3.8) is 0 Å². The Bertz CT molecular complexity index is 553. The summed E-state index contributed by atoms with van der Waals surface area (Å²) in [7, 11) is 1.73. The monoisotopic (exact) mass is 462 g/mol. The number of fused-ring (bicyclic) bond motifs is 1. The molecule has 0 bridgehead atoms. The average Bonchev–Trinajstić information content (AvgIpc) is 3.01. The summed E-state index contributed by atoms with van der Waals surface area (Å²) in [6.07, 6.45) is 5.35. The quantitative estimate of drug-likeness (QED) is 0.283. The molecule has 0 radical (unpaired) electrons. The van der Waals surface area contributed by atoms with Crippen LogP contribution in [0.1, 0.15) is 18.4 Å². The molecule has 1 aromatic rings. The molecule has 24 heavy (non-hydrogen) atoms. The smallest absolute Gasteiger partial charge is 0.246 e. The first-order chi connectivity index (χ1) is 11.3. The minimum Gasteiger partial charge on any atom is -0.356 e. The van der Waals surface area contributed by atoms with Crippen molar-refractivity contribution in [2.75, 3.05) is 43.6 Å². The number of benzene rings is 1. The third kappa shape index (κ3) is 6.16. The topological polar surface area (TPSA) is 56.7 Å². The molecule has 1 amide bonds. The number of hydrogen-bond acceptors (Lipinski definition) is 3. The molecule has 2 rings (SSSR count). The van der Waals surface area contributed by atoms with Crippen LogP contribution in [-0.4, -0.2) is 50.6 Å². The van der Waals surface area contributed by atoms with Crippen LogP contribution >= 0.6 is 35.7 Å². The number of hydrogen-bond donors (Lipinski definition) is 2. The van der Waals surface area contributed by atoms with E-state index in [0.717, 1.165) is 31.6 Å². The molecule has 0 aromatic heterocycles. The molecule has 0 saturated carbocycles. The standard InChI is InChI=1S/C17H26N4OS.HI/c1-18-17(19-10-5-6-12-23-2)20-13-16(22)21-11-9-14-7-3-4-8-15(14)21;/h3-4,7-8H,5-6,9-13H2,1-2H3,(H2,18,19,20);1H. The predicted molar refractivity (Wildman–Crippen MR) is 115 cm³/mol. The van der Waals surface area contributed by atoms with Crippen molar-refractivity contribution in [1.82, 2.24) is 10.6 Å². The van der Waals surface area contributed by atoms with E-state index in [1.54, 1.807) is 7.05 Å². The van der Waals surface area contributed by atoms with E-state index < -0.39 is 0 Å². The summed E-state index contributed by atoms with van der Waals surface area (Å²) in [4.78, 5) is 18.4. The molecule has 5 nitrogen and oxygen atoms in total. The van der Waals surface area contributed by atoms with Gasteiger partial charge in [0.2, 0.25) is 5.91 Å². The Morgan fingerprint density at radius 2 is 2.08 bits per heavy atom. The largest absolute Gasteiger partial charge is 0.356 e. The molecule has 0 atom stereocenters. The maximum Gasteiger partial charge on any atom is 0.246 e. The number of amides is 1. The van der Waals surface area contributed by atoms with Crippen LogP contribution in [-0.2, 0) is 11.2 Å². The lowest BCUT2D eigenvalue weighted by Crippen LogP contribution is -2.44. The molecule has 0 aliphatic carbocycles. The maximum absolute atomic E-state index is 12.4. The lowest BCUT2D eigenvalue weighted by atomic mass is 10.2. The third-order valence-corrected chi connectivity index (χ3v) is 4.58. The van der Waals surface area contributed by atoms with Crippen molar-refractivity contribution in [2.24, 2.45) is 4.99 Å². The summed E-state index contributed by atoms with van der Waals surface area (Å²) in [5, 5.41) is 6.36. The van der Waals surface area contributed by atoms with Gasteiger partial charge in [-0.1, -0.05) is 18.2 Å². The van der Waals surface area contributed by atoms with Crippen LogP contribution in [0.3, 0.4) is 0 Å². The molecule has 0 unspecified atom stereocenters. The van der Waals surface area contributed by atoms with E-state index in [4.69, 9.17) is 0 Å². The fourth-order valence-corrected chi connectivity index (χ4v) is 3.14. The molecule has 2 N–H and O–H groups in total. The lowest BCUT2D eigenvalue weighted by molar-refractivity contribution is -0.117. The molecule has 134 valence electrons. The zero-order valence-corrected chi connectivity index (χ0v) is 17.5. The fraction of sp³-hybridized carbons (Fsp3) is 0.529. The fourth-order valence-electron chi connectivity index (χ4n) is 2.65. The van der Waals surface area contributed by atoms with Crippen molar-refractivity contribution >= 4 is 53.3 Å². The molecular formula is C17H27IN4OS. The number of carbonyl (C=O) groups excluding carboxylic acids is 1. The number of guanidine groups is 1. The summed E-state index contributed by atoms with van der Waals surface area (Å²) in [5.74, 6) is 1.95. The van der Waals surface area contributed by atoms with Crippen LogP contribution in [0.25, 0.3) is 0 Å². The Kier molecular flexibility index (Phi) is 10.2. The summed E-state index contributed by atoms with van der Waals surface area (Å²) >= 11 is 1.87. The van der Waals surface area contributed by atoms with Crippen LogP contribution in [0.5, 0.6) is 0 Å². The number of unbranched alkanes of at least 4 members (excludes halogenated alkanes) is 1. The Hall–Kier alpha value is -0.960. The molecule has 1 aliphatic heterocycles. The number of aliphatic imine (C=N–C) groups is 1. The van der Waals surface area contributed by atoms with Crippen LogP contribution in [0, 0.1) is 0 Å². The van der Waals surface area contributed by atoms with E-state index >= 15 is 0 Å². The van der Waals surface area contributed by atoms with E-state index in [1.807, 2.05) is 34.9 Å². The van der Waals surface area contributed by atoms with Crippen LogP contribution in [0.4, 0.5) is 5.69 Å². The Balaban J connectivity index is 0.00000288. The SMILES string of the molecule is CN=C(NCCCCSC)NCC(=O)N1CCc2ccccc21.I. The number of nitrogens with one attached hydrogen (secondary N) is 2. The van der Waals surface area contributed by atoms with Crippen molar-refractivity contribution in [1.29, 1.82) is 0 Å². The summed E-state index contributed by atoms with van der Waals surface area (Å²) < 4.78 is 0. The van der Waals surface area contributed by atoms with E-state index in [0.29, 0.717) is 5.96 Å². The first kappa shape index (κ1) is 21.1. The highest BCUT2D eigenvalue weighted by Crippen LogP contribution is 2.27. The average molecular weight is 462 g/mol. The minimum atomic E-state index is 0. The van der Waals surface area contributed by atoms with Crippen molar-refractivity contribution in [3.05, 3.63) is 29.8 Å². The summed E-state index contributed by atoms with van der Waals surface area (Å²) in [5.41, 5.74) is 2.29. The Labute approximate surface area is 166 Å².